The van der Waals surface area contributed by atoms with Crippen LogP contribution >= 0.6 is 0 Å². The molecule has 1 heterocycles. The molecule has 3 saturated carbocycles. The first-order chi connectivity index (χ1) is 20.2. The van der Waals surface area contributed by atoms with Gasteiger partial charge >= 0.3 is 6.18 Å². The van der Waals surface area contributed by atoms with Crippen LogP contribution in [0.1, 0.15) is 106 Å². The molecule has 0 bridgehead atoms. The molecule has 228 valence electrons. The summed E-state index contributed by atoms with van der Waals surface area (Å²) in [5.41, 5.74) is -0.537. The summed E-state index contributed by atoms with van der Waals surface area (Å²) < 4.78 is 43.3. The van der Waals surface area contributed by atoms with Crippen molar-refractivity contribution in [1.82, 2.24) is 25.7 Å². The monoisotopic (exact) mass is 587 g/mol. The number of hydrogen-bond donors (Lipinski definition) is 3. The summed E-state index contributed by atoms with van der Waals surface area (Å²) >= 11 is 0. The van der Waals surface area contributed by atoms with Crippen LogP contribution in [0.25, 0.3) is 11.3 Å². The van der Waals surface area contributed by atoms with Gasteiger partial charge in [0, 0.05) is 36.5 Å². The number of aromatic nitrogens is 2. The van der Waals surface area contributed by atoms with Gasteiger partial charge in [0.1, 0.15) is 0 Å². The molecular weight excluding hydrogens is 547 g/mol. The van der Waals surface area contributed by atoms with Crippen LogP contribution in [-0.4, -0.2) is 46.1 Å². The molecule has 1 aromatic heterocycles. The van der Waals surface area contributed by atoms with Crippen molar-refractivity contribution in [3.8, 4) is 11.3 Å². The van der Waals surface area contributed by atoms with E-state index < -0.39 is 23.7 Å². The molecule has 0 spiro atoms. The van der Waals surface area contributed by atoms with Crippen molar-refractivity contribution in [3.05, 3.63) is 41.6 Å². The highest BCUT2D eigenvalue weighted by Gasteiger charge is 2.35. The van der Waals surface area contributed by atoms with Crippen LogP contribution in [0.15, 0.2) is 30.3 Å². The second kappa shape index (κ2) is 13.3. The van der Waals surface area contributed by atoms with Crippen LogP contribution < -0.4 is 16.0 Å². The zero-order chi connectivity index (χ0) is 29.7. The van der Waals surface area contributed by atoms with Gasteiger partial charge in [-0.1, -0.05) is 43.9 Å². The average Bonchev–Trinajstić information content (AvgIpc) is 3.72. The molecular formula is C31H40F3N5O3. The molecule has 0 radical (unpaired) electrons. The minimum atomic E-state index is -4.56. The van der Waals surface area contributed by atoms with Gasteiger partial charge in [-0.3, -0.25) is 19.1 Å². The second-order valence-corrected chi connectivity index (χ2v) is 12.0. The molecule has 1 unspecified atom stereocenters. The maximum atomic E-state index is 13.9. The van der Waals surface area contributed by atoms with E-state index >= 15 is 0 Å². The summed E-state index contributed by atoms with van der Waals surface area (Å²) in [5, 5.41) is 13.4. The maximum absolute atomic E-state index is 13.9. The van der Waals surface area contributed by atoms with Crippen molar-refractivity contribution in [2.24, 2.45) is 5.92 Å². The van der Waals surface area contributed by atoms with Crippen molar-refractivity contribution in [2.45, 2.75) is 108 Å². The number of amides is 3. The molecule has 2 aromatic rings. The molecule has 42 heavy (non-hydrogen) atoms. The lowest BCUT2D eigenvalue weighted by atomic mass is 9.93. The van der Waals surface area contributed by atoms with E-state index in [1.54, 1.807) is 10.7 Å². The highest BCUT2D eigenvalue weighted by atomic mass is 19.4. The normalized spacial score (nSPS) is 18.9. The van der Waals surface area contributed by atoms with E-state index in [1.165, 1.54) is 18.2 Å². The summed E-state index contributed by atoms with van der Waals surface area (Å²) in [6, 6.07) is 6.24. The maximum Gasteiger partial charge on any atom is 0.417 e. The van der Waals surface area contributed by atoms with Crippen molar-refractivity contribution < 1.29 is 27.6 Å². The highest BCUT2D eigenvalue weighted by Crippen LogP contribution is 2.40. The summed E-state index contributed by atoms with van der Waals surface area (Å²) in [4.78, 5) is 38.8. The van der Waals surface area contributed by atoms with E-state index in [1.807, 2.05) is 0 Å². The Labute approximate surface area is 244 Å². The van der Waals surface area contributed by atoms with Gasteiger partial charge in [0.2, 0.25) is 11.8 Å². The lowest BCUT2D eigenvalue weighted by molar-refractivity contribution is -0.137. The largest absolute Gasteiger partial charge is 0.417 e. The summed E-state index contributed by atoms with van der Waals surface area (Å²) in [6.07, 6.45) is 6.01. The molecule has 0 saturated heterocycles. The van der Waals surface area contributed by atoms with Crippen LogP contribution in [0.2, 0.25) is 0 Å². The molecule has 8 nitrogen and oxygen atoms in total. The van der Waals surface area contributed by atoms with Gasteiger partial charge in [-0.05, 0) is 63.5 Å². The van der Waals surface area contributed by atoms with Crippen molar-refractivity contribution in [2.75, 3.05) is 6.54 Å². The van der Waals surface area contributed by atoms with E-state index in [-0.39, 0.29) is 53.2 Å². The number of alkyl halides is 3. The van der Waals surface area contributed by atoms with Gasteiger partial charge in [-0.25, -0.2) is 0 Å². The van der Waals surface area contributed by atoms with Crippen molar-refractivity contribution in [3.63, 3.8) is 0 Å². The molecule has 3 fully saturated rings. The molecule has 11 heteroatoms. The van der Waals surface area contributed by atoms with Gasteiger partial charge in [0.05, 0.1) is 17.3 Å². The van der Waals surface area contributed by atoms with Crippen molar-refractivity contribution in [1.29, 1.82) is 0 Å². The lowest BCUT2D eigenvalue weighted by Gasteiger charge is -2.27. The smallest absolute Gasteiger partial charge is 0.356 e. The van der Waals surface area contributed by atoms with Crippen LogP contribution in [0, 0.1) is 5.92 Å². The van der Waals surface area contributed by atoms with Crippen LogP contribution in [0.5, 0.6) is 0 Å². The zero-order valence-electron chi connectivity index (χ0n) is 23.8. The number of rotatable bonds is 11. The van der Waals surface area contributed by atoms with Crippen molar-refractivity contribution >= 4 is 17.7 Å². The Kier molecular flexibility index (Phi) is 9.53. The summed E-state index contributed by atoms with van der Waals surface area (Å²) in [5.74, 6) is -0.721. The zero-order valence-corrected chi connectivity index (χ0v) is 23.8. The first kappa shape index (κ1) is 30.1. The van der Waals surface area contributed by atoms with Gasteiger partial charge < -0.3 is 16.0 Å². The Balaban J connectivity index is 1.34. The van der Waals surface area contributed by atoms with E-state index in [0.717, 1.165) is 76.7 Å². The third-order valence-electron chi connectivity index (χ3n) is 8.90. The summed E-state index contributed by atoms with van der Waals surface area (Å²) in [7, 11) is 0. The van der Waals surface area contributed by atoms with E-state index in [0.29, 0.717) is 13.0 Å². The molecule has 5 rings (SSSR count). The molecule has 3 N–H and O–H groups in total. The molecule has 1 aromatic carbocycles. The Hall–Kier alpha value is -3.37. The van der Waals surface area contributed by atoms with Crippen LogP contribution in [0.4, 0.5) is 13.2 Å². The Morgan fingerprint density at radius 3 is 2.31 bits per heavy atom. The van der Waals surface area contributed by atoms with Gasteiger partial charge in [0.25, 0.3) is 5.91 Å². The fourth-order valence-corrected chi connectivity index (χ4v) is 6.34. The Morgan fingerprint density at radius 1 is 0.952 bits per heavy atom. The van der Waals surface area contributed by atoms with E-state index in [2.05, 4.69) is 21.0 Å². The molecule has 0 aliphatic heterocycles. The first-order valence-electron chi connectivity index (χ1n) is 15.3. The quantitative estimate of drug-likeness (QED) is 0.321. The predicted octanol–water partition coefficient (Wildman–Crippen LogP) is 5.54. The second-order valence-electron chi connectivity index (χ2n) is 12.0. The number of benzene rings is 1. The lowest BCUT2D eigenvalue weighted by Crippen LogP contribution is -2.45. The third-order valence-corrected chi connectivity index (χ3v) is 8.90. The highest BCUT2D eigenvalue weighted by molar-refractivity contribution is 5.94. The molecule has 1 atom stereocenters. The topological polar surface area (TPSA) is 105 Å². The first-order valence-corrected chi connectivity index (χ1v) is 15.3. The Morgan fingerprint density at radius 2 is 1.64 bits per heavy atom. The minimum absolute atomic E-state index is 0.000209. The number of nitrogens with one attached hydrogen (secondary N) is 3. The fourth-order valence-electron chi connectivity index (χ4n) is 6.34. The van der Waals surface area contributed by atoms with Crippen LogP contribution in [-0.2, 0) is 15.8 Å². The number of nitrogens with zero attached hydrogens (tertiary/aromatic N) is 2. The third kappa shape index (κ3) is 7.33. The predicted molar refractivity (Wildman–Crippen MR) is 151 cm³/mol. The average molecular weight is 588 g/mol. The van der Waals surface area contributed by atoms with E-state index in [4.69, 9.17) is 0 Å². The number of carbonyl (C=O) groups excluding carboxylic acids is 3. The standard InChI is InChI=1S/C31H40F3N5O3/c32-31(33,34)25-15-6-5-14-24(25)27-19-26(38-39(27)23-12-3-4-13-23)30(42)37-22(18-28(40)36-21-10-7-11-21)16-17-35-29(41)20-8-1-2-9-20/h5-6,14-15,19-23H,1-4,7-13,16-18H2,(H,35,41)(H,36,40)(H,37,42). The SMILES string of the molecule is O=C(CC(CCNC(=O)C1CCCC1)NC(=O)c1cc(-c2ccccc2C(F)(F)F)n(C2CCCC2)n1)NC1CCC1. The van der Waals surface area contributed by atoms with Crippen LogP contribution in [0.3, 0.4) is 0 Å². The number of halogens is 3. The summed E-state index contributed by atoms with van der Waals surface area (Å²) in [6.45, 7) is 0.303. The van der Waals surface area contributed by atoms with E-state index in [9.17, 15) is 27.6 Å². The number of hydrogen-bond acceptors (Lipinski definition) is 4. The molecule has 3 amide bonds. The minimum Gasteiger partial charge on any atom is -0.356 e. The van der Waals surface area contributed by atoms with Gasteiger partial charge in [0.15, 0.2) is 5.69 Å². The number of carbonyl (C=O) groups is 3. The van der Waals surface area contributed by atoms with Gasteiger partial charge in [-0.15, -0.1) is 0 Å². The fraction of sp³-hybridized carbons (Fsp3) is 0.613. The Bertz CT molecular complexity index is 1260. The molecule has 3 aliphatic carbocycles. The van der Waals surface area contributed by atoms with Gasteiger partial charge in [-0.2, -0.15) is 18.3 Å². The molecule has 3 aliphatic rings.